The van der Waals surface area contributed by atoms with E-state index >= 15 is 0 Å². The number of hydrogen-bond acceptors (Lipinski definition) is 4. The Hall–Kier alpha value is -3.23. The van der Waals surface area contributed by atoms with Crippen molar-refractivity contribution < 1.29 is 32.6 Å². The topological polar surface area (TPSA) is 78.9 Å². The molecule has 0 bridgehead atoms. The van der Waals surface area contributed by atoms with E-state index in [0.717, 1.165) is 6.07 Å². The van der Waals surface area contributed by atoms with Gasteiger partial charge in [-0.25, -0.2) is 9.69 Å². The van der Waals surface area contributed by atoms with Crippen LogP contribution in [0.1, 0.15) is 11.6 Å². The number of benzene rings is 2. The number of ether oxygens (including phenoxy) is 1. The Kier molecular flexibility index (Phi) is 3.99. The maximum atomic E-state index is 12.6. The van der Waals surface area contributed by atoms with E-state index in [1.165, 1.54) is 42.5 Å². The predicted molar refractivity (Wildman–Crippen MR) is 80.0 cm³/mol. The van der Waals surface area contributed by atoms with Crippen molar-refractivity contribution in [2.75, 3.05) is 4.90 Å². The number of carbonyl (C=O) groups excluding carboxylic acids is 2. The first-order valence-corrected chi connectivity index (χ1v) is 7.04. The largest absolute Gasteiger partial charge is 0.573 e. The molecule has 0 spiro atoms. The Bertz CT molecular complexity index is 838. The maximum Gasteiger partial charge on any atom is 0.573 e. The molecule has 6 nitrogen and oxygen atoms in total. The maximum absolute atomic E-state index is 12.6. The number of imide groups is 1. The van der Waals surface area contributed by atoms with Crippen molar-refractivity contribution >= 4 is 17.6 Å². The van der Waals surface area contributed by atoms with Crippen LogP contribution in [-0.4, -0.2) is 23.4 Å². The molecule has 3 rings (SSSR count). The lowest BCUT2D eigenvalue weighted by Crippen LogP contribution is -2.31. The molecule has 3 amide bonds. The number of aromatic hydroxyl groups is 1. The SMILES string of the molecule is O=C1N[C@@H](c2cccc(O)c2)C(=O)N1c1ccccc1OC(F)(F)F. The molecular formula is C16H11F3N2O4. The van der Waals surface area contributed by atoms with E-state index in [9.17, 15) is 27.9 Å². The highest BCUT2D eigenvalue weighted by molar-refractivity contribution is 6.22. The molecule has 2 N–H and O–H groups in total. The van der Waals surface area contributed by atoms with E-state index in [2.05, 4.69) is 10.1 Å². The lowest BCUT2D eigenvalue weighted by atomic mass is 10.1. The molecule has 1 aliphatic rings. The van der Waals surface area contributed by atoms with Gasteiger partial charge in [0.2, 0.25) is 0 Å². The molecule has 0 unspecified atom stereocenters. The Balaban J connectivity index is 1.96. The van der Waals surface area contributed by atoms with Gasteiger partial charge < -0.3 is 15.2 Å². The normalized spacial score (nSPS) is 17.6. The van der Waals surface area contributed by atoms with Crippen LogP contribution in [0.3, 0.4) is 0 Å². The van der Waals surface area contributed by atoms with Crippen LogP contribution in [0.15, 0.2) is 48.5 Å². The molecule has 0 aliphatic carbocycles. The second-order valence-corrected chi connectivity index (χ2v) is 5.17. The van der Waals surface area contributed by atoms with Crippen molar-refractivity contribution in [1.82, 2.24) is 5.32 Å². The van der Waals surface area contributed by atoms with E-state index in [1.807, 2.05) is 0 Å². The van der Waals surface area contributed by atoms with Gasteiger partial charge in [-0.1, -0.05) is 24.3 Å². The molecule has 0 radical (unpaired) electrons. The molecule has 1 aliphatic heterocycles. The van der Waals surface area contributed by atoms with E-state index in [0.29, 0.717) is 10.5 Å². The van der Waals surface area contributed by atoms with Gasteiger partial charge in [-0.05, 0) is 29.8 Å². The van der Waals surface area contributed by atoms with Crippen LogP contribution in [0.25, 0.3) is 0 Å². The highest BCUT2D eigenvalue weighted by Crippen LogP contribution is 2.36. The van der Waals surface area contributed by atoms with E-state index < -0.39 is 30.1 Å². The smallest absolute Gasteiger partial charge is 0.508 e. The fourth-order valence-corrected chi connectivity index (χ4v) is 2.49. The minimum absolute atomic E-state index is 0.112. The number of urea groups is 1. The fourth-order valence-electron chi connectivity index (χ4n) is 2.49. The average molecular weight is 352 g/mol. The number of nitrogens with one attached hydrogen (secondary N) is 1. The number of rotatable bonds is 3. The first-order chi connectivity index (χ1) is 11.8. The number of hydrogen-bond donors (Lipinski definition) is 2. The van der Waals surface area contributed by atoms with Crippen molar-refractivity contribution in [3.05, 3.63) is 54.1 Å². The first-order valence-electron chi connectivity index (χ1n) is 7.04. The number of carbonyl (C=O) groups is 2. The van der Waals surface area contributed by atoms with Crippen LogP contribution in [0.4, 0.5) is 23.7 Å². The number of para-hydroxylation sites is 2. The second-order valence-electron chi connectivity index (χ2n) is 5.17. The third-order valence-corrected chi connectivity index (χ3v) is 3.47. The van der Waals surface area contributed by atoms with Gasteiger partial charge in [-0.2, -0.15) is 0 Å². The van der Waals surface area contributed by atoms with Crippen molar-refractivity contribution in [2.45, 2.75) is 12.4 Å². The third kappa shape index (κ3) is 3.35. The van der Waals surface area contributed by atoms with Crippen LogP contribution in [0, 0.1) is 0 Å². The van der Waals surface area contributed by atoms with Gasteiger partial charge in [-0.15, -0.1) is 13.2 Å². The molecule has 0 saturated carbocycles. The molecular weight excluding hydrogens is 341 g/mol. The van der Waals surface area contributed by atoms with Gasteiger partial charge in [-0.3, -0.25) is 4.79 Å². The van der Waals surface area contributed by atoms with Crippen LogP contribution >= 0.6 is 0 Å². The quantitative estimate of drug-likeness (QED) is 0.832. The Morgan fingerprint density at radius 1 is 1.08 bits per heavy atom. The molecule has 1 fully saturated rings. The first kappa shape index (κ1) is 16.6. The summed E-state index contributed by atoms with van der Waals surface area (Å²) in [6.45, 7) is 0. The number of alkyl halides is 3. The molecule has 1 saturated heterocycles. The van der Waals surface area contributed by atoms with E-state index in [1.54, 1.807) is 0 Å². The number of anilines is 1. The fraction of sp³-hybridized carbons (Fsp3) is 0.125. The molecule has 9 heteroatoms. The van der Waals surface area contributed by atoms with Gasteiger partial charge in [0.05, 0.1) is 5.69 Å². The summed E-state index contributed by atoms with van der Waals surface area (Å²) in [7, 11) is 0. The van der Waals surface area contributed by atoms with Crippen molar-refractivity contribution in [2.24, 2.45) is 0 Å². The summed E-state index contributed by atoms with van der Waals surface area (Å²) < 4.78 is 41.5. The molecule has 2 aromatic carbocycles. The minimum atomic E-state index is -4.97. The molecule has 130 valence electrons. The molecule has 1 atom stereocenters. The molecule has 25 heavy (non-hydrogen) atoms. The van der Waals surface area contributed by atoms with Crippen molar-refractivity contribution in [3.63, 3.8) is 0 Å². The molecule has 1 heterocycles. The van der Waals surface area contributed by atoms with Crippen LogP contribution in [0.5, 0.6) is 11.5 Å². The zero-order chi connectivity index (χ0) is 18.2. The Labute approximate surface area is 139 Å². The van der Waals surface area contributed by atoms with Gasteiger partial charge in [0.1, 0.15) is 11.8 Å². The lowest BCUT2D eigenvalue weighted by Gasteiger charge is -2.18. The van der Waals surface area contributed by atoms with Gasteiger partial charge in [0.15, 0.2) is 5.75 Å². The van der Waals surface area contributed by atoms with Gasteiger partial charge in [0, 0.05) is 0 Å². The second kappa shape index (κ2) is 6.00. The molecule has 0 aromatic heterocycles. The van der Waals surface area contributed by atoms with E-state index in [-0.39, 0.29) is 11.4 Å². The highest BCUT2D eigenvalue weighted by Gasteiger charge is 2.42. The number of nitrogens with zero attached hydrogens (tertiary/aromatic N) is 1. The van der Waals surface area contributed by atoms with Crippen molar-refractivity contribution in [3.8, 4) is 11.5 Å². The Morgan fingerprint density at radius 2 is 1.80 bits per heavy atom. The van der Waals surface area contributed by atoms with Crippen LogP contribution < -0.4 is 15.0 Å². The van der Waals surface area contributed by atoms with Crippen LogP contribution in [0.2, 0.25) is 0 Å². The average Bonchev–Trinajstić information content (AvgIpc) is 2.81. The van der Waals surface area contributed by atoms with Crippen LogP contribution in [-0.2, 0) is 4.79 Å². The third-order valence-electron chi connectivity index (χ3n) is 3.47. The zero-order valence-electron chi connectivity index (χ0n) is 12.4. The lowest BCUT2D eigenvalue weighted by molar-refractivity contribution is -0.274. The highest BCUT2D eigenvalue weighted by atomic mass is 19.4. The summed E-state index contributed by atoms with van der Waals surface area (Å²) in [5.41, 5.74) is -0.0277. The zero-order valence-corrected chi connectivity index (χ0v) is 12.4. The summed E-state index contributed by atoms with van der Waals surface area (Å²) in [4.78, 5) is 25.3. The van der Waals surface area contributed by atoms with Gasteiger partial charge in [0.25, 0.3) is 5.91 Å². The number of halogens is 3. The van der Waals surface area contributed by atoms with E-state index in [4.69, 9.17) is 0 Å². The standard InChI is InChI=1S/C16H11F3N2O4/c17-16(18,19)25-12-7-2-1-6-11(12)21-14(23)13(20-15(21)24)9-4-3-5-10(22)8-9/h1-8,13,22H,(H,20,24)/t13-/m0/s1. The number of phenolic OH excluding ortho intramolecular Hbond substituents is 1. The summed E-state index contributed by atoms with van der Waals surface area (Å²) in [5.74, 6) is -1.57. The summed E-state index contributed by atoms with van der Waals surface area (Å²) in [6.07, 6.45) is -4.97. The number of amides is 3. The minimum Gasteiger partial charge on any atom is -0.508 e. The number of phenols is 1. The summed E-state index contributed by atoms with van der Waals surface area (Å²) in [6, 6.07) is 8.47. The van der Waals surface area contributed by atoms with Crippen molar-refractivity contribution in [1.29, 1.82) is 0 Å². The monoisotopic (exact) mass is 352 g/mol. The Morgan fingerprint density at radius 3 is 2.48 bits per heavy atom. The summed E-state index contributed by atoms with van der Waals surface area (Å²) >= 11 is 0. The molecule has 2 aromatic rings. The summed E-state index contributed by atoms with van der Waals surface area (Å²) in [5, 5.41) is 11.9. The predicted octanol–water partition coefficient (Wildman–Crippen LogP) is 3.09. The van der Waals surface area contributed by atoms with Gasteiger partial charge >= 0.3 is 12.4 Å².